The maximum absolute atomic E-state index is 13.1. The van der Waals surface area contributed by atoms with E-state index in [1.165, 1.54) is 0 Å². The molecule has 2 aromatic rings. The Bertz CT molecular complexity index is 905. The van der Waals surface area contributed by atoms with E-state index in [-0.39, 0.29) is 17.7 Å². The third kappa shape index (κ3) is 3.10. The lowest BCUT2D eigenvalue weighted by Gasteiger charge is -2.37. The molecule has 27 heavy (non-hydrogen) atoms. The maximum atomic E-state index is 13.1. The molecule has 0 bridgehead atoms. The molecule has 0 radical (unpaired) electrons. The summed E-state index contributed by atoms with van der Waals surface area (Å²) >= 11 is 0. The van der Waals surface area contributed by atoms with E-state index in [1.54, 1.807) is 19.2 Å². The predicted molar refractivity (Wildman–Crippen MR) is 105 cm³/mol. The van der Waals surface area contributed by atoms with Gasteiger partial charge in [0.2, 0.25) is 0 Å². The summed E-state index contributed by atoms with van der Waals surface area (Å²) in [4.78, 5) is 13.1. The van der Waals surface area contributed by atoms with Gasteiger partial charge in [0.15, 0.2) is 11.5 Å². The second-order valence-corrected chi connectivity index (χ2v) is 6.70. The van der Waals surface area contributed by atoms with Crippen LogP contribution in [0.5, 0.6) is 11.5 Å². The second-order valence-electron chi connectivity index (χ2n) is 6.70. The number of carbonyl (C=O) groups excluding carboxylic acids is 1. The zero-order valence-electron chi connectivity index (χ0n) is 15.5. The smallest absolute Gasteiger partial charge is 0.251 e. The minimum atomic E-state index is -0.101. The lowest BCUT2D eigenvalue weighted by molar-refractivity contribution is -0.123. The van der Waals surface area contributed by atoms with E-state index in [4.69, 9.17) is 14.6 Å². The van der Waals surface area contributed by atoms with Crippen molar-refractivity contribution in [1.82, 2.24) is 0 Å². The summed E-state index contributed by atoms with van der Waals surface area (Å²) in [5.74, 6) is 1.36. The number of hydrogen-bond acceptors (Lipinski definition) is 4. The first-order valence-electron chi connectivity index (χ1n) is 9.08. The Kier molecular flexibility index (Phi) is 4.67. The number of rotatable bonds is 4. The first-order valence-corrected chi connectivity index (χ1v) is 9.08. The summed E-state index contributed by atoms with van der Waals surface area (Å²) in [6.07, 6.45) is 5.79. The van der Waals surface area contributed by atoms with Gasteiger partial charge in [-0.3, -0.25) is 4.79 Å². The van der Waals surface area contributed by atoms with Gasteiger partial charge >= 0.3 is 0 Å². The van der Waals surface area contributed by atoms with Gasteiger partial charge in [0.05, 0.1) is 31.5 Å². The normalized spacial score (nSPS) is 21.5. The van der Waals surface area contributed by atoms with Gasteiger partial charge in [-0.1, -0.05) is 30.4 Å². The number of anilines is 1. The van der Waals surface area contributed by atoms with Crippen LogP contribution in [0.1, 0.15) is 18.4 Å². The molecule has 2 aromatic carbocycles. The molecule has 0 saturated heterocycles. The third-order valence-electron chi connectivity index (χ3n) is 5.20. The number of carbonyl (C=O) groups is 1. The first-order chi connectivity index (χ1) is 13.2. The number of nitrogens with zero attached hydrogens (tertiary/aromatic N) is 2. The lowest BCUT2D eigenvalue weighted by Crippen LogP contribution is -2.45. The molecule has 1 amide bonds. The largest absolute Gasteiger partial charge is 0.493 e. The Hall–Kier alpha value is -3.08. The molecule has 5 nitrogen and oxygen atoms in total. The Morgan fingerprint density at radius 2 is 1.63 bits per heavy atom. The molecular formula is C22H22N2O3. The van der Waals surface area contributed by atoms with Gasteiger partial charge in [-0.15, -0.1) is 0 Å². The van der Waals surface area contributed by atoms with Crippen LogP contribution in [0.3, 0.4) is 0 Å². The highest BCUT2D eigenvalue weighted by Crippen LogP contribution is 2.38. The fraction of sp³-hybridized carbons (Fsp3) is 0.273. The molecule has 0 unspecified atom stereocenters. The van der Waals surface area contributed by atoms with Gasteiger partial charge in [-0.05, 0) is 43.2 Å². The molecule has 1 heterocycles. The summed E-state index contributed by atoms with van der Waals surface area (Å²) in [7, 11) is 3.24. The summed E-state index contributed by atoms with van der Waals surface area (Å²) in [5.41, 5.74) is 2.65. The Balaban J connectivity index is 1.83. The molecule has 0 N–H and O–H groups in total. The molecule has 1 aliphatic carbocycles. The van der Waals surface area contributed by atoms with Crippen molar-refractivity contribution in [3.63, 3.8) is 0 Å². The molecule has 0 spiro atoms. The molecule has 0 aromatic heterocycles. The van der Waals surface area contributed by atoms with Crippen molar-refractivity contribution >= 4 is 17.3 Å². The average Bonchev–Trinajstić information content (AvgIpc) is 2.74. The molecule has 138 valence electrons. The summed E-state index contributed by atoms with van der Waals surface area (Å²) in [6, 6.07) is 15.4. The van der Waals surface area contributed by atoms with Crippen LogP contribution in [0, 0.1) is 11.8 Å². The number of hydrogen-bond donors (Lipinski definition) is 0. The van der Waals surface area contributed by atoms with Crippen molar-refractivity contribution in [2.45, 2.75) is 12.8 Å². The van der Waals surface area contributed by atoms with Crippen LogP contribution in [0.15, 0.2) is 65.8 Å². The van der Waals surface area contributed by atoms with Gasteiger partial charge in [0.1, 0.15) is 0 Å². The highest BCUT2D eigenvalue weighted by atomic mass is 16.5. The van der Waals surface area contributed by atoms with Crippen molar-refractivity contribution < 1.29 is 14.3 Å². The van der Waals surface area contributed by atoms with Gasteiger partial charge in [-0.2, -0.15) is 5.10 Å². The van der Waals surface area contributed by atoms with Crippen LogP contribution in [0.2, 0.25) is 0 Å². The number of fused-ring (bicyclic) bond motifs is 1. The van der Waals surface area contributed by atoms with E-state index >= 15 is 0 Å². The zero-order chi connectivity index (χ0) is 18.8. The van der Waals surface area contributed by atoms with E-state index in [1.807, 2.05) is 48.5 Å². The Morgan fingerprint density at radius 3 is 2.33 bits per heavy atom. The van der Waals surface area contributed by atoms with Gasteiger partial charge in [0.25, 0.3) is 5.91 Å². The van der Waals surface area contributed by atoms with Crippen LogP contribution in [0.4, 0.5) is 5.69 Å². The fourth-order valence-corrected chi connectivity index (χ4v) is 3.80. The van der Waals surface area contributed by atoms with E-state index in [2.05, 4.69) is 12.2 Å². The van der Waals surface area contributed by atoms with E-state index in [0.717, 1.165) is 29.8 Å². The van der Waals surface area contributed by atoms with Crippen molar-refractivity contribution in [3.8, 4) is 11.5 Å². The fourth-order valence-electron chi connectivity index (χ4n) is 3.80. The number of ether oxygens (including phenoxy) is 2. The number of para-hydroxylation sites is 1. The summed E-state index contributed by atoms with van der Waals surface area (Å²) in [5, 5.41) is 6.34. The average molecular weight is 362 g/mol. The van der Waals surface area contributed by atoms with Gasteiger partial charge < -0.3 is 9.47 Å². The van der Waals surface area contributed by atoms with Crippen molar-refractivity contribution in [2.75, 3.05) is 19.2 Å². The minimum absolute atomic E-state index is 0.0553. The second kappa shape index (κ2) is 7.27. The topological polar surface area (TPSA) is 51.1 Å². The Labute approximate surface area is 158 Å². The maximum Gasteiger partial charge on any atom is 0.251 e. The van der Waals surface area contributed by atoms with Crippen LogP contribution >= 0.6 is 0 Å². The summed E-state index contributed by atoms with van der Waals surface area (Å²) in [6.45, 7) is 0. The number of methoxy groups -OCH3 is 2. The molecule has 4 rings (SSSR count). The van der Waals surface area contributed by atoms with Crippen LogP contribution in [0.25, 0.3) is 0 Å². The molecule has 0 saturated carbocycles. The first kappa shape index (κ1) is 17.3. The van der Waals surface area contributed by atoms with Crippen LogP contribution in [-0.4, -0.2) is 25.8 Å². The number of amides is 1. The number of benzene rings is 2. The van der Waals surface area contributed by atoms with E-state index in [0.29, 0.717) is 11.5 Å². The quantitative estimate of drug-likeness (QED) is 0.772. The highest BCUT2D eigenvalue weighted by Gasteiger charge is 2.40. The predicted octanol–water partition coefficient (Wildman–Crippen LogP) is 4.04. The number of allylic oxidation sites excluding steroid dienone is 2. The number of hydrazone groups is 1. The van der Waals surface area contributed by atoms with Crippen molar-refractivity contribution in [3.05, 3.63) is 66.2 Å². The highest BCUT2D eigenvalue weighted by molar-refractivity contribution is 6.11. The van der Waals surface area contributed by atoms with Crippen molar-refractivity contribution in [2.24, 2.45) is 16.9 Å². The molecule has 2 atom stereocenters. The van der Waals surface area contributed by atoms with Crippen LogP contribution < -0.4 is 14.5 Å². The lowest BCUT2D eigenvalue weighted by atomic mass is 9.76. The SMILES string of the molecule is COc1ccc(C2=NN(c3ccccc3)C(=O)[C@@H]3CC=CC[C@@H]23)cc1OC. The molecule has 5 heteroatoms. The zero-order valence-corrected chi connectivity index (χ0v) is 15.5. The summed E-state index contributed by atoms with van der Waals surface area (Å²) < 4.78 is 10.8. The van der Waals surface area contributed by atoms with E-state index in [9.17, 15) is 4.79 Å². The van der Waals surface area contributed by atoms with E-state index < -0.39 is 0 Å². The van der Waals surface area contributed by atoms with Gasteiger partial charge in [-0.25, -0.2) is 5.01 Å². The van der Waals surface area contributed by atoms with Crippen molar-refractivity contribution in [1.29, 1.82) is 0 Å². The molecular weight excluding hydrogens is 340 g/mol. The van der Waals surface area contributed by atoms with Gasteiger partial charge in [0, 0.05) is 11.5 Å². The van der Waals surface area contributed by atoms with Crippen LogP contribution in [-0.2, 0) is 4.79 Å². The monoisotopic (exact) mass is 362 g/mol. The standard InChI is InChI=1S/C22H22N2O3/c1-26-19-13-12-15(14-20(19)27-2)21-17-10-6-7-11-18(17)22(25)24(23-21)16-8-4-3-5-9-16/h3-9,12-14,17-18H,10-11H2,1-2H3/t17-,18-/m1/s1. The molecule has 1 aliphatic heterocycles. The molecule has 2 aliphatic rings. The molecule has 0 fully saturated rings. The third-order valence-corrected chi connectivity index (χ3v) is 5.20. The Morgan fingerprint density at radius 1 is 0.926 bits per heavy atom. The minimum Gasteiger partial charge on any atom is -0.493 e.